The monoisotopic (exact) mass is 425 g/mol. The van der Waals surface area contributed by atoms with Gasteiger partial charge in [0.05, 0.1) is 23.8 Å². The standard InChI is InChI=1S/C24H28FN3O3/c1-16-12-27(13-17(2)31-16)14-18-7-3-5-9-21(18)26-24(30)19-11-23(29)28(15-19)22-10-6-4-8-20(22)25/h3-10,16-17,19H,11-15H2,1-2H3,(H,26,30). The number of morpholine rings is 1. The minimum Gasteiger partial charge on any atom is -0.373 e. The quantitative estimate of drug-likeness (QED) is 0.797. The zero-order valence-electron chi connectivity index (χ0n) is 17.9. The number of halogens is 1. The molecule has 31 heavy (non-hydrogen) atoms. The van der Waals surface area contributed by atoms with Crippen molar-refractivity contribution >= 4 is 23.2 Å². The second-order valence-corrected chi connectivity index (χ2v) is 8.45. The van der Waals surface area contributed by atoms with E-state index in [-0.39, 0.29) is 42.7 Å². The summed E-state index contributed by atoms with van der Waals surface area (Å²) < 4.78 is 19.9. The van der Waals surface area contributed by atoms with Crippen LogP contribution >= 0.6 is 0 Å². The Morgan fingerprint density at radius 3 is 2.48 bits per heavy atom. The Kier molecular flexibility index (Phi) is 6.34. The van der Waals surface area contributed by atoms with E-state index >= 15 is 0 Å². The zero-order valence-corrected chi connectivity index (χ0v) is 17.9. The number of carbonyl (C=O) groups is 2. The number of para-hydroxylation sites is 2. The fraction of sp³-hybridized carbons (Fsp3) is 0.417. The van der Waals surface area contributed by atoms with E-state index in [1.54, 1.807) is 18.2 Å². The summed E-state index contributed by atoms with van der Waals surface area (Å²) in [5, 5.41) is 3.00. The number of benzene rings is 2. The summed E-state index contributed by atoms with van der Waals surface area (Å²) in [6.07, 6.45) is 0.402. The van der Waals surface area contributed by atoms with Crippen molar-refractivity contribution in [2.75, 3.05) is 29.9 Å². The summed E-state index contributed by atoms with van der Waals surface area (Å²) in [6, 6.07) is 13.9. The Bertz CT molecular complexity index is 957. The van der Waals surface area contributed by atoms with Crippen molar-refractivity contribution in [1.29, 1.82) is 0 Å². The van der Waals surface area contributed by atoms with Gasteiger partial charge in [-0.2, -0.15) is 0 Å². The van der Waals surface area contributed by atoms with Crippen molar-refractivity contribution in [2.24, 2.45) is 5.92 Å². The van der Waals surface area contributed by atoms with Crippen LogP contribution in [0.5, 0.6) is 0 Å². The minimum atomic E-state index is -0.524. The number of nitrogens with zero attached hydrogens (tertiary/aromatic N) is 2. The molecule has 2 aliphatic heterocycles. The highest BCUT2D eigenvalue weighted by molar-refractivity contribution is 6.03. The predicted octanol–water partition coefficient (Wildman–Crippen LogP) is 3.43. The lowest BCUT2D eigenvalue weighted by atomic mass is 10.1. The summed E-state index contributed by atoms with van der Waals surface area (Å²) in [5.74, 6) is -1.45. The highest BCUT2D eigenvalue weighted by Crippen LogP contribution is 2.28. The highest BCUT2D eigenvalue weighted by atomic mass is 19.1. The van der Waals surface area contributed by atoms with Crippen LogP contribution in [0.2, 0.25) is 0 Å². The van der Waals surface area contributed by atoms with Gasteiger partial charge in [-0.1, -0.05) is 30.3 Å². The number of carbonyl (C=O) groups excluding carboxylic acids is 2. The fourth-order valence-electron chi connectivity index (χ4n) is 4.46. The van der Waals surface area contributed by atoms with Gasteiger partial charge < -0.3 is 15.0 Å². The van der Waals surface area contributed by atoms with Gasteiger partial charge in [-0.3, -0.25) is 14.5 Å². The Hall–Kier alpha value is -2.77. The van der Waals surface area contributed by atoms with Gasteiger partial charge in [0, 0.05) is 38.3 Å². The van der Waals surface area contributed by atoms with Crippen LogP contribution in [-0.4, -0.2) is 48.6 Å². The molecule has 164 valence electrons. The molecule has 3 atom stereocenters. The van der Waals surface area contributed by atoms with Crippen molar-refractivity contribution in [3.05, 3.63) is 59.9 Å². The van der Waals surface area contributed by atoms with Gasteiger partial charge in [-0.25, -0.2) is 4.39 Å². The third kappa shape index (κ3) is 4.94. The normalized spacial score (nSPS) is 24.4. The molecule has 0 aliphatic carbocycles. The van der Waals surface area contributed by atoms with Crippen molar-refractivity contribution in [3.8, 4) is 0 Å². The maximum absolute atomic E-state index is 14.1. The lowest BCUT2D eigenvalue weighted by Crippen LogP contribution is -2.44. The first-order valence-corrected chi connectivity index (χ1v) is 10.7. The van der Waals surface area contributed by atoms with Crippen molar-refractivity contribution in [2.45, 2.75) is 39.0 Å². The molecule has 6 nitrogen and oxygen atoms in total. The first-order chi connectivity index (χ1) is 14.9. The summed E-state index contributed by atoms with van der Waals surface area (Å²) in [7, 11) is 0. The van der Waals surface area contributed by atoms with E-state index in [9.17, 15) is 14.0 Å². The minimum absolute atomic E-state index is 0.0703. The zero-order chi connectivity index (χ0) is 22.0. The average Bonchev–Trinajstić information content (AvgIpc) is 3.11. The van der Waals surface area contributed by atoms with E-state index in [2.05, 4.69) is 24.1 Å². The molecule has 2 aromatic carbocycles. The third-order valence-corrected chi connectivity index (χ3v) is 5.80. The second-order valence-electron chi connectivity index (χ2n) is 8.45. The second kappa shape index (κ2) is 9.16. The molecule has 0 radical (unpaired) electrons. The molecule has 7 heteroatoms. The van der Waals surface area contributed by atoms with Crippen molar-refractivity contribution in [3.63, 3.8) is 0 Å². The van der Waals surface area contributed by atoms with Crippen LogP contribution in [0.1, 0.15) is 25.8 Å². The maximum Gasteiger partial charge on any atom is 0.229 e. The van der Waals surface area contributed by atoms with Gasteiger partial charge in [0.15, 0.2) is 0 Å². The summed E-state index contributed by atoms with van der Waals surface area (Å²) in [4.78, 5) is 29.1. The molecule has 0 aromatic heterocycles. The molecule has 2 saturated heterocycles. The third-order valence-electron chi connectivity index (χ3n) is 5.80. The van der Waals surface area contributed by atoms with Crippen LogP contribution in [0.15, 0.2) is 48.5 Å². The topological polar surface area (TPSA) is 61.9 Å². The molecule has 0 spiro atoms. The van der Waals surface area contributed by atoms with E-state index in [0.29, 0.717) is 6.54 Å². The number of anilines is 2. The molecule has 2 heterocycles. The van der Waals surface area contributed by atoms with Crippen molar-refractivity contribution < 1.29 is 18.7 Å². The smallest absolute Gasteiger partial charge is 0.229 e. The molecule has 3 unspecified atom stereocenters. The SMILES string of the molecule is CC1CN(Cc2ccccc2NC(=O)C2CC(=O)N(c3ccccc3F)C2)CC(C)O1. The molecular formula is C24H28FN3O3. The van der Waals surface area contributed by atoms with Gasteiger partial charge in [0.25, 0.3) is 0 Å². The van der Waals surface area contributed by atoms with Crippen LogP contribution < -0.4 is 10.2 Å². The van der Waals surface area contributed by atoms with E-state index in [4.69, 9.17) is 4.74 Å². The first kappa shape index (κ1) is 21.5. The van der Waals surface area contributed by atoms with Gasteiger partial charge in [0.2, 0.25) is 11.8 Å². The molecule has 0 saturated carbocycles. The lowest BCUT2D eigenvalue weighted by Gasteiger charge is -2.35. The molecular weight excluding hydrogens is 397 g/mol. The number of hydrogen-bond acceptors (Lipinski definition) is 4. The van der Waals surface area contributed by atoms with Crippen LogP contribution in [0.25, 0.3) is 0 Å². The summed E-state index contributed by atoms with van der Waals surface area (Å²) >= 11 is 0. The Morgan fingerprint density at radius 2 is 1.74 bits per heavy atom. The Morgan fingerprint density at radius 1 is 1.06 bits per heavy atom. The highest BCUT2D eigenvalue weighted by Gasteiger charge is 2.36. The molecule has 2 aliphatic rings. The molecule has 2 amide bonds. The van der Waals surface area contributed by atoms with Gasteiger partial charge in [-0.15, -0.1) is 0 Å². The maximum atomic E-state index is 14.1. The van der Waals surface area contributed by atoms with Crippen LogP contribution in [0.4, 0.5) is 15.8 Å². The Balaban J connectivity index is 1.43. The van der Waals surface area contributed by atoms with Gasteiger partial charge >= 0.3 is 0 Å². The largest absolute Gasteiger partial charge is 0.373 e. The molecule has 2 aromatic rings. The number of ether oxygens (including phenoxy) is 1. The predicted molar refractivity (Wildman–Crippen MR) is 117 cm³/mol. The van der Waals surface area contributed by atoms with Gasteiger partial charge in [0.1, 0.15) is 5.82 Å². The van der Waals surface area contributed by atoms with Crippen molar-refractivity contribution in [1.82, 2.24) is 4.90 Å². The molecule has 4 rings (SSSR count). The van der Waals surface area contributed by atoms with Gasteiger partial charge in [-0.05, 0) is 37.6 Å². The number of hydrogen-bond donors (Lipinski definition) is 1. The van der Waals surface area contributed by atoms with Crippen LogP contribution in [-0.2, 0) is 20.9 Å². The first-order valence-electron chi connectivity index (χ1n) is 10.7. The molecule has 1 N–H and O–H groups in total. The fourth-order valence-corrected chi connectivity index (χ4v) is 4.46. The average molecular weight is 426 g/mol. The molecule has 0 bridgehead atoms. The molecule has 2 fully saturated rings. The van der Waals surface area contributed by atoms with E-state index in [0.717, 1.165) is 24.3 Å². The van der Waals surface area contributed by atoms with E-state index < -0.39 is 11.7 Å². The van der Waals surface area contributed by atoms with Crippen LogP contribution in [0, 0.1) is 11.7 Å². The summed E-state index contributed by atoms with van der Waals surface area (Å²) in [5.41, 5.74) is 1.99. The van der Waals surface area contributed by atoms with E-state index in [1.165, 1.54) is 11.0 Å². The number of nitrogens with one attached hydrogen (secondary N) is 1. The number of amides is 2. The number of rotatable bonds is 5. The summed E-state index contributed by atoms with van der Waals surface area (Å²) in [6.45, 7) is 6.68. The van der Waals surface area contributed by atoms with Crippen LogP contribution in [0.3, 0.4) is 0 Å². The Labute approximate surface area is 182 Å². The lowest BCUT2D eigenvalue weighted by molar-refractivity contribution is -0.122. The van der Waals surface area contributed by atoms with E-state index in [1.807, 2.05) is 24.3 Å².